The van der Waals surface area contributed by atoms with E-state index in [0.29, 0.717) is 31.5 Å². The van der Waals surface area contributed by atoms with Gasteiger partial charge in [-0.05, 0) is 31.4 Å². The molecule has 3 N–H and O–H groups in total. The van der Waals surface area contributed by atoms with Crippen LogP contribution < -0.4 is 10.6 Å². The first-order chi connectivity index (χ1) is 13.7. The molecule has 1 saturated heterocycles. The molecule has 0 aliphatic carbocycles. The molecule has 0 bridgehead atoms. The molecule has 0 unspecified atom stereocenters. The monoisotopic (exact) mass is 423 g/mol. The summed E-state index contributed by atoms with van der Waals surface area (Å²) < 4.78 is 38.7. The fourth-order valence-corrected chi connectivity index (χ4v) is 4.03. The van der Waals surface area contributed by atoms with E-state index in [1.54, 1.807) is 19.1 Å². The van der Waals surface area contributed by atoms with Gasteiger partial charge in [0, 0.05) is 25.3 Å². The number of nitrogens with one attached hydrogen (secondary N) is 3. The number of hydrogen-bond donors (Lipinski definition) is 3. The van der Waals surface area contributed by atoms with Crippen molar-refractivity contribution in [1.82, 2.24) is 19.8 Å². The van der Waals surface area contributed by atoms with Gasteiger partial charge in [-0.15, -0.1) is 0 Å². The van der Waals surface area contributed by atoms with E-state index in [4.69, 9.17) is 0 Å². The Balaban J connectivity index is 1.65. The van der Waals surface area contributed by atoms with Crippen LogP contribution >= 0.6 is 0 Å². The van der Waals surface area contributed by atoms with Gasteiger partial charge in [-0.2, -0.15) is 5.10 Å². The molecule has 1 fully saturated rings. The Kier molecular flexibility index (Phi) is 5.99. The lowest BCUT2D eigenvalue weighted by Gasteiger charge is -2.30. The molecule has 11 heteroatoms. The highest BCUT2D eigenvalue weighted by Gasteiger charge is 2.27. The second-order valence-corrected chi connectivity index (χ2v) is 8.93. The van der Waals surface area contributed by atoms with Crippen molar-refractivity contribution >= 4 is 27.5 Å². The maximum Gasteiger partial charge on any atom is 0.274 e. The zero-order valence-corrected chi connectivity index (χ0v) is 16.8. The summed E-state index contributed by atoms with van der Waals surface area (Å²) in [6.45, 7) is 2.19. The molecule has 2 heterocycles. The number of benzene rings is 1. The van der Waals surface area contributed by atoms with Crippen LogP contribution in [0.5, 0.6) is 0 Å². The lowest BCUT2D eigenvalue weighted by atomic mass is 10.1. The number of aryl methyl sites for hydroxylation is 1. The molecule has 3 rings (SSSR count). The second kappa shape index (κ2) is 8.29. The topological polar surface area (TPSA) is 124 Å². The molecule has 0 atom stereocenters. The summed E-state index contributed by atoms with van der Waals surface area (Å²) in [5, 5.41) is 11.7. The number of piperidine rings is 1. The third kappa shape index (κ3) is 4.80. The van der Waals surface area contributed by atoms with Gasteiger partial charge in [-0.3, -0.25) is 14.7 Å². The van der Waals surface area contributed by atoms with E-state index in [2.05, 4.69) is 20.8 Å². The van der Waals surface area contributed by atoms with Crippen molar-refractivity contribution < 1.29 is 22.4 Å². The molecule has 2 amide bonds. The summed E-state index contributed by atoms with van der Waals surface area (Å²) in [7, 11) is -3.25. The summed E-state index contributed by atoms with van der Waals surface area (Å²) in [5.74, 6) is -1.83. The van der Waals surface area contributed by atoms with Crippen LogP contribution in [0.25, 0.3) is 0 Å². The van der Waals surface area contributed by atoms with Crippen LogP contribution in [-0.4, -0.2) is 60.1 Å². The van der Waals surface area contributed by atoms with E-state index in [1.807, 2.05) is 0 Å². The highest BCUT2D eigenvalue weighted by atomic mass is 32.2. The van der Waals surface area contributed by atoms with Crippen LogP contribution in [0.2, 0.25) is 0 Å². The standard InChI is InChI=1S/C18H22FN5O4S/c1-11-4-3-5-13(15(11)19)17(25)22-14-10-20-23-16(14)18(26)21-12-6-8-24(9-7-12)29(2,27)28/h3-5,10,12H,6-9H2,1-2H3,(H,20,23)(H,21,26)(H,22,25). The Labute approximate surface area is 167 Å². The van der Waals surface area contributed by atoms with Crippen molar-refractivity contribution in [3.8, 4) is 0 Å². The number of carbonyl (C=O) groups excluding carboxylic acids is 2. The number of halogens is 1. The minimum absolute atomic E-state index is 0.0306. The highest BCUT2D eigenvalue weighted by Crippen LogP contribution is 2.18. The zero-order chi connectivity index (χ0) is 21.2. The van der Waals surface area contributed by atoms with Crippen LogP contribution in [0, 0.1) is 12.7 Å². The van der Waals surface area contributed by atoms with E-state index in [-0.39, 0.29) is 23.0 Å². The number of amides is 2. The van der Waals surface area contributed by atoms with E-state index >= 15 is 0 Å². The normalized spacial score (nSPS) is 15.8. The number of anilines is 1. The highest BCUT2D eigenvalue weighted by molar-refractivity contribution is 7.88. The first-order valence-corrected chi connectivity index (χ1v) is 10.9. The smallest absolute Gasteiger partial charge is 0.274 e. The maximum atomic E-state index is 14.2. The molecular formula is C18H22FN5O4S. The maximum absolute atomic E-state index is 14.2. The van der Waals surface area contributed by atoms with Gasteiger partial charge in [0.1, 0.15) is 5.82 Å². The minimum atomic E-state index is -3.25. The number of H-pyrrole nitrogens is 1. The lowest BCUT2D eigenvalue weighted by Crippen LogP contribution is -2.46. The predicted octanol–water partition coefficient (Wildman–Crippen LogP) is 1.26. The van der Waals surface area contributed by atoms with Gasteiger partial charge in [0.05, 0.1) is 17.5 Å². The van der Waals surface area contributed by atoms with Crippen molar-refractivity contribution in [2.75, 3.05) is 24.7 Å². The molecule has 29 heavy (non-hydrogen) atoms. The SMILES string of the molecule is Cc1cccc(C(=O)Nc2c[nH]nc2C(=O)NC2CCN(S(C)(=O)=O)CC2)c1F. The fourth-order valence-electron chi connectivity index (χ4n) is 3.16. The Morgan fingerprint density at radius 3 is 2.59 bits per heavy atom. The number of carbonyl (C=O) groups is 2. The molecule has 2 aromatic rings. The molecule has 0 spiro atoms. The van der Waals surface area contributed by atoms with E-state index in [0.717, 1.165) is 6.26 Å². The Bertz CT molecular complexity index is 1030. The van der Waals surface area contributed by atoms with Gasteiger partial charge in [0.15, 0.2) is 5.69 Å². The first-order valence-electron chi connectivity index (χ1n) is 9.03. The van der Waals surface area contributed by atoms with Crippen molar-refractivity contribution in [1.29, 1.82) is 0 Å². The second-order valence-electron chi connectivity index (χ2n) is 6.95. The van der Waals surface area contributed by atoms with Crippen molar-refractivity contribution in [2.45, 2.75) is 25.8 Å². The molecule has 156 valence electrons. The van der Waals surface area contributed by atoms with Crippen molar-refractivity contribution in [2.24, 2.45) is 0 Å². The molecule has 9 nitrogen and oxygen atoms in total. The lowest BCUT2D eigenvalue weighted by molar-refractivity contribution is 0.0919. The predicted molar refractivity (Wildman–Crippen MR) is 105 cm³/mol. The van der Waals surface area contributed by atoms with Gasteiger partial charge >= 0.3 is 0 Å². The number of aromatic nitrogens is 2. The summed E-state index contributed by atoms with van der Waals surface area (Å²) in [6.07, 6.45) is 3.44. The van der Waals surface area contributed by atoms with Crippen molar-refractivity contribution in [3.05, 3.63) is 47.0 Å². The van der Waals surface area contributed by atoms with Crippen LogP contribution in [0.15, 0.2) is 24.4 Å². The summed E-state index contributed by atoms with van der Waals surface area (Å²) in [4.78, 5) is 25.0. The van der Waals surface area contributed by atoms with Crippen molar-refractivity contribution in [3.63, 3.8) is 0 Å². The Morgan fingerprint density at radius 1 is 1.24 bits per heavy atom. The molecular weight excluding hydrogens is 401 g/mol. The summed E-state index contributed by atoms with van der Waals surface area (Å²) in [5.41, 5.74) is 0.299. The van der Waals surface area contributed by atoms with Crippen LogP contribution in [0.4, 0.5) is 10.1 Å². The number of sulfonamides is 1. The molecule has 1 aromatic carbocycles. The van der Waals surface area contributed by atoms with Crippen LogP contribution in [-0.2, 0) is 10.0 Å². The van der Waals surface area contributed by atoms with Gasteiger partial charge in [0.25, 0.3) is 11.8 Å². The third-order valence-electron chi connectivity index (χ3n) is 4.80. The summed E-state index contributed by atoms with van der Waals surface area (Å²) >= 11 is 0. The third-order valence-corrected chi connectivity index (χ3v) is 6.10. The van der Waals surface area contributed by atoms with Gasteiger partial charge in [0.2, 0.25) is 10.0 Å². The van der Waals surface area contributed by atoms with E-state index in [1.165, 1.54) is 16.6 Å². The zero-order valence-electron chi connectivity index (χ0n) is 16.0. The molecule has 0 radical (unpaired) electrons. The Morgan fingerprint density at radius 2 is 1.93 bits per heavy atom. The van der Waals surface area contributed by atoms with Gasteiger partial charge in [-0.1, -0.05) is 12.1 Å². The molecule has 0 saturated carbocycles. The number of hydrogen-bond acceptors (Lipinski definition) is 5. The molecule has 1 aliphatic rings. The number of nitrogens with zero attached hydrogens (tertiary/aromatic N) is 2. The number of rotatable bonds is 5. The van der Waals surface area contributed by atoms with E-state index < -0.39 is 27.7 Å². The van der Waals surface area contributed by atoms with Crippen LogP contribution in [0.1, 0.15) is 39.3 Å². The quantitative estimate of drug-likeness (QED) is 0.668. The summed E-state index contributed by atoms with van der Waals surface area (Å²) in [6, 6.07) is 4.26. The average Bonchev–Trinajstić information content (AvgIpc) is 3.12. The van der Waals surface area contributed by atoms with E-state index in [9.17, 15) is 22.4 Å². The minimum Gasteiger partial charge on any atom is -0.348 e. The molecule has 1 aliphatic heterocycles. The molecule has 1 aromatic heterocycles. The van der Waals surface area contributed by atoms with Crippen LogP contribution in [0.3, 0.4) is 0 Å². The number of aromatic amines is 1. The van der Waals surface area contributed by atoms with Gasteiger partial charge in [-0.25, -0.2) is 17.1 Å². The largest absolute Gasteiger partial charge is 0.348 e. The van der Waals surface area contributed by atoms with Gasteiger partial charge < -0.3 is 10.6 Å². The average molecular weight is 423 g/mol. The fraction of sp³-hybridized carbons (Fsp3) is 0.389. The first kappa shape index (κ1) is 20.9. The Hall–Kier alpha value is -2.79.